The van der Waals surface area contributed by atoms with Gasteiger partial charge in [-0.2, -0.15) is 0 Å². The number of aryl methyl sites for hydroxylation is 1. The summed E-state index contributed by atoms with van der Waals surface area (Å²) in [5.41, 5.74) is 5.50. The first-order valence-corrected chi connectivity index (χ1v) is 7.23. The average molecular weight is 269 g/mol. The number of H-pyrrole nitrogens is 1. The van der Waals surface area contributed by atoms with Gasteiger partial charge in [0.1, 0.15) is 4.83 Å². The van der Waals surface area contributed by atoms with Crippen molar-refractivity contribution in [3.63, 3.8) is 0 Å². The van der Waals surface area contributed by atoms with Gasteiger partial charge in [-0.3, -0.25) is 4.79 Å². The number of hydrogen-bond acceptors (Lipinski definition) is 5. The fourth-order valence-corrected chi connectivity index (χ4v) is 3.23. The van der Waals surface area contributed by atoms with E-state index in [1.807, 2.05) is 13.0 Å². The number of nitrogens with zero attached hydrogens (tertiary/aromatic N) is 1. The maximum Gasteiger partial charge on any atom is 0.260 e. The molecule has 0 saturated carbocycles. The standard InChI is InChI=1S/C11H15N3OS2/c1-3-7-4-8-9(15)13-11(14-10(8)17-7)16-6(2)5-12/h4,6H,3,5,12H2,1-2H3,(H,13,14,15). The van der Waals surface area contributed by atoms with Crippen LogP contribution in [0.5, 0.6) is 0 Å². The summed E-state index contributed by atoms with van der Waals surface area (Å²) in [6, 6.07) is 1.92. The summed E-state index contributed by atoms with van der Waals surface area (Å²) in [7, 11) is 0. The van der Waals surface area contributed by atoms with Crippen LogP contribution in [0.2, 0.25) is 0 Å². The molecule has 2 aromatic rings. The molecule has 0 amide bonds. The number of nitrogens with two attached hydrogens (primary N) is 1. The SMILES string of the molecule is CCc1cc2c(=O)[nH]c(SC(C)CN)nc2s1. The summed E-state index contributed by atoms with van der Waals surface area (Å²) in [6.45, 7) is 4.66. The van der Waals surface area contributed by atoms with Crippen molar-refractivity contribution < 1.29 is 0 Å². The lowest BCUT2D eigenvalue weighted by Crippen LogP contribution is -2.15. The summed E-state index contributed by atoms with van der Waals surface area (Å²) < 4.78 is 0. The van der Waals surface area contributed by atoms with Gasteiger partial charge in [0, 0.05) is 16.7 Å². The van der Waals surface area contributed by atoms with Crippen LogP contribution in [-0.2, 0) is 6.42 Å². The van der Waals surface area contributed by atoms with Crippen molar-refractivity contribution in [2.75, 3.05) is 6.54 Å². The van der Waals surface area contributed by atoms with Gasteiger partial charge in [-0.1, -0.05) is 25.6 Å². The Kier molecular flexibility index (Phi) is 3.86. The summed E-state index contributed by atoms with van der Waals surface area (Å²) in [6.07, 6.45) is 0.933. The van der Waals surface area contributed by atoms with E-state index >= 15 is 0 Å². The van der Waals surface area contributed by atoms with Gasteiger partial charge in [-0.05, 0) is 12.5 Å². The third-order valence-electron chi connectivity index (χ3n) is 2.42. The molecule has 0 fully saturated rings. The van der Waals surface area contributed by atoms with Crippen LogP contribution in [0.3, 0.4) is 0 Å². The Morgan fingerprint density at radius 1 is 1.65 bits per heavy atom. The number of nitrogens with one attached hydrogen (secondary N) is 1. The number of thiophene rings is 1. The van der Waals surface area contributed by atoms with E-state index in [1.54, 1.807) is 11.3 Å². The molecule has 3 N–H and O–H groups in total. The molecule has 0 bridgehead atoms. The van der Waals surface area contributed by atoms with E-state index in [2.05, 4.69) is 16.9 Å². The topological polar surface area (TPSA) is 71.8 Å². The smallest absolute Gasteiger partial charge is 0.260 e. The van der Waals surface area contributed by atoms with E-state index in [9.17, 15) is 4.79 Å². The monoisotopic (exact) mass is 269 g/mol. The lowest BCUT2D eigenvalue weighted by atomic mass is 10.3. The Hall–Kier alpha value is -0.850. The van der Waals surface area contributed by atoms with Crippen LogP contribution in [0.15, 0.2) is 16.0 Å². The minimum Gasteiger partial charge on any atom is -0.329 e. The fraction of sp³-hybridized carbons (Fsp3) is 0.455. The summed E-state index contributed by atoms with van der Waals surface area (Å²) >= 11 is 3.09. The zero-order valence-electron chi connectivity index (χ0n) is 9.82. The van der Waals surface area contributed by atoms with E-state index < -0.39 is 0 Å². The molecule has 0 radical (unpaired) electrons. The molecule has 0 aliphatic carbocycles. The van der Waals surface area contributed by atoms with Crippen molar-refractivity contribution in [3.8, 4) is 0 Å². The number of aromatic amines is 1. The predicted molar refractivity (Wildman–Crippen MR) is 74.0 cm³/mol. The molecule has 1 atom stereocenters. The summed E-state index contributed by atoms with van der Waals surface area (Å²) in [5, 5.41) is 1.60. The Morgan fingerprint density at radius 2 is 2.41 bits per heavy atom. The first-order valence-electron chi connectivity index (χ1n) is 5.53. The average Bonchev–Trinajstić information content (AvgIpc) is 2.72. The molecule has 0 spiro atoms. The lowest BCUT2D eigenvalue weighted by Gasteiger charge is -2.06. The first kappa shape index (κ1) is 12.6. The van der Waals surface area contributed by atoms with Crippen LogP contribution in [0, 0.1) is 0 Å². The van der Waals surface area contributed by atoms with Gasteiger partial charge < -0.3 is 10.7 Å². The maximum atomic E-state index is 11.9. The molecule has 17 heavy (non-hydrogen) atoms. The number of rotatable bonds is 4. The Bertz CT molecular complexity index is 576. The molecule has 0 aliphatic rings. The Balaban J connectivity index is 2.43. The Morgan fingerprint density at radius 3 is 3.06 bits per heavy atom. The second-order valence-electron chi connectivity index (χ2n) is 3.82. The summed E-state index contributed by atoms with van der Waals surface area (Å²) in [4.78, 5) is 21.1. The van der Waals surface area contributed by atoms with Gasteiger partial charge >= 0.3 is 0 Å². The second kappa shape index (κ2) is 5.20. The van der Waals surface area contributed by atoms with Crippen LogP contribution < -0.4 is 11.3 Å². The van der Waals surface area contributed by atoms with Crippen LogP contribution in [0.4, 0.5) is 0 Å². The van der Waals surface area contributed by atoms with Gasteiger partial charge in [-0.15, -0.1) is 11.3 Å². The highest BCUT2D eigenvalue weighted by atomic mass is 32.2. The van der Waals surface area contributed by atoms with Crippen LogP contribution in [0.25, 0.3) is 10.2 Å². The molecule has 1 unspecified atom stereocenters. The van der Waals surface area contributed by atoms with Crippen LogP contribution in [0.1, 0.15) is 18.7 Å². The summed E-state index contributed by atoms with van der Waals surface area (Å²) in [5.74, 6) is 0. The number of fused-ring (bicyclic) bond motifs is 1. The van der Waals surface area contributed by atoms with E-state index in [-0.39, 0.29) is 10.8 Å². The van der Waals surface area contributed by atoms with Crippen molar-refractivity contribution in [2.45, 2.75) is 30.7 Å². The molecule has 2 rings (SSSR count). The lowest BCUT2D eigenvalue weighted by molar-refractivity contribution is 0.921. The molecule has 2 aromatic heterocycles. The third kappa shape index (κ3) is 2.70. The second-order valence-corrected chi connectivity index (χ2v) is 6.36. The highest BCUT2D eigenvalue weighted by Gasteiger charge is 2.10. The highest BCUT2D eigenvalue weighted by molar-refractivity contribution is 7.99. The molecule has 0 aliphatic heterocycles. The van der Waals surface area contributed by atoms with Crippen molar-refractivity contribution >= 4 is 33.3 Å². The molecule has 6 heteroatoms. The molecule has 2 heterocycles. The van der Waals surface area contributed by atoms with E-state index in [0.717, 1.165) is 11.3 Å². The van der Waals surface area contributed by atoms with Gasteiger partial charge in [0.25, 0.3) is 5.56 Å². The zero-order valence-corrected chi connectivity index (χ0v) is 11.5. The van der Waals surface area contributed by atoms with Crippen LogP contribution >= 0.6 is 23.1 Å². The Labute approximate surface area is 108 Å². The molecular weight excluding hydrogens is 254 g/mol. The zero-order chi connectivity index (χ0) is 12.4. The quantitative estimate of drug-likeness (QED) is 0.657. The number of aromatic nitrogens is 2. The minimum absolute atomic E-state index is 0.0577. The van der Waals surface area contributed by atoms with Crippen molar-refractivity contribution in [3.05, 3.63) is 21.3 Å². The molecule has 0 aromatic carbocycles. The molecule has 0 saturated heterocycles. The molecular formula is C11H15N3OS2. The van der Waals surface area contributed by atoms with Crippen molar-refractivity contribution in [2.24, 2.45) is 5.73 Å². The van der Waals surface area contributed by atoms with Crippen LogP contribution in [-0.4, -0.2) is 21.8 Å². The maximum absolute atomic E-state index is 11.9. The third-order valence-corrected chi connectivity index (χ3v) is 4.61. The van der Waals surface area contributed by atoms with E-state index in [4.69, 9.17) is 5.73 Å². The van der Waals surface area contributed by atoms with Gasteiger partial charge in [0.15, 0.2) is 5.16 Å². The number of hydrogen-bond donors (Lipinski definition) is 2. The van der Waals surface area contributed by atoms with E-state index in [0.29, 0.717) is 17.1 Å². The van der Waals surface area contributed by atoms with Gasteiger partial charge in [0.05, 0.1) is 5.39 Å². The van der Waals surface area contributed by atoms with Crippen molar-refractivity contribution in [1.82, 2.24) is 9.97 Å². The minimum atomic E-state index is -0.0577. The van der Waals surface area contributed by atoms with Crippen molar-refractivity contribution in [1.29, 1.82) is 0 Å². The molecule has 92 valence electrons. The number of thioether (sulfide) groups is 1. The van der Waals surface area contributed by atoms with Gasteiger partial charge in [-0.25, -0.2) is 4.98 Å². The van der Waals surface area contributed by atoms with Gasteiger partial charge in [0.2, 0.25) is 0 Å². The fourth-order valence-electron chi connectivity index (χ4n) is 1.43. The normalized spacial score (nSPS) is 13.1. The predicted octanol–water partition coefficient (Wildman–Crippen LogP) is 1.99. The first-order chi connectivity index (χ1) is 8.13. The largest absolute Gasteiger partial charge is 0.329 e. The van der Waals surface area contributed by atoms with E-state index in [1.165, 1.54) is 16.6 Å². The molecule has 4 nitrogen and oxygen atoms in total. The highest BCUT2D eigenvalue weighted by Crippen LogP contribution is 2.24.